The van der Waals surface area contributed by atoms with Crippen molar-refractivity contribution in [2.45, 2.75) is 89.6 Å². The summed E-state index contributed by atoms with van der Waals surface area (Å²) < 4.78 is 2.32. The standard InChI is InChI=1S/C19H30N4O/c24-18(14-15-8-3-1-4-9-15)22-13-7-10-16(22)19-21-20-17-11-5-2-6-12-23(17)19/h15-16H,1-14H2. The molecule has 3 heterocycles. The van der Waals surface area contributed by atoms with Crippen LogP contribution in [0.15, 0.2) is 0 Å². The zero-order valence-corrected chi connectivity index (χ0v) is 14.8. The highest BCUT2D eigenvalue weighted by molar-refractivity contribution is 5.77. The van der Waals surface area contributed by atoms with Crippen LogP contribution in [-0.2, 0) is 17.8 Å². The van der Waals surface area contributed by atoms with Crippen LogP contribution >= 0.6 is 0 Å². The zero-order valence-electron chi connectivity index (χ0n) is 14.8. The zero-order chi connectivity index (χ0) is 16.4. The summed E-state index contributed by atoms with van der Waals surface area (Å²) in [5, 5.41) is 8.97. The third-order valence-electron chi connectivity index (χ3n) is 6.20. The van der Waals surface area contributed by atoms with Crippen LogP contribution in [0.25, 0.3) is 0 Å². The Hall–Kier alpha value is -1.39. The molecule has 2 aliphatic heterocycles. The molecule has 1 aliphatic carbocycles. The molecule has 1 aromatic heterocycles. The van der Waals surface area contributed by atoms with Gasteiger partial charge in [0.15, 0.2) is 5.82 Å². The first-order valence-electron chi connectivity index (χ1n) is 10.0. The van der Waals surface area contributed by atoms with Crippen molar-refractivity contribution in [3.63, 3.8) is 0 Å². The summed E-state index contributed by atoms with van der Waals surface area (Å²) >= 11 is 0. The van der Waals surface area contributed by atoms with Gasteiger partial charge in [-0.05, 0) is 44.4 Å². The summed E-state index contributed by atoms with van der Waals surface area (Å²) in [7, 11) is 0. The van der Waals surface area contributed by atoms with Crippen molar-refractivity contribution in [2.24, 2.45) is 5.92 Å². The second-order valence-corrected chi connectivity index (χ2v) is 7.89. The molecule has 1 atom stereocenters. The molecule has 0 bridgehead atoms. The van der Waals surface area contributed by atoms with Crippen LogP contribution in [0, 0.1) is 5.92 Å². The molecular weight excluding hydrogens is 300 g/mol. The van der Waals surface area contributed by atoms with Crippen molar-refractivity contribution < 1.29 is 4.79 Å². The Kier molecular flexibility index (Phi) is 4.86. The molecule has 5 nitrogen and oxygen atoms in total. The topological polar surface area (TPSA) is 51.0 Å². The van der Waals surface area contributed by atoms with Gasteiger partial charge in [0.2, 0.25) is 5.91 Å². The molecule has 2 fully saturated rings. The van der Waals surface area contributed by atoms with E-state index in [4.69, 9.17) is 0 Å². The van der Waals surface area contributed by atoms with E-state index in [1.165, 1.54) is 51.4 Å². The fourth-order valence-corrected chi connectivity index (χ4v) is 4.84. The number of fused-ring (bicyclic) bond motifs is 1. The largest absolute Gasteiger partial charge is 0.332 e. The third-order valence-corrected chi connectivity index (χ3v) is 6.20. The molecule has 132 valence electrons. The van der Waals surface area contributed by atoms with Gasteiger partial charge < -0.3 is 9.47 Å². The van der Waals surface area contributed by atoms with Gasteiger partial charge in [-0.15, -0.1) is 10.2 Å². The Morgan fingerprint density at radius 1 is 0.917 bits per heavy atom. The van der Waals surface area contributed by atoms with E-state index in [0.29, 0.717) is 11.8 Å². The summed E-state index contributed by atoms with van der Waals surface area (Å²) in [5.74, 6) is 3.16. The summed E-state index contributed by atoms with van der Waals surface area (Å²) in [5.41, 5.74) is 0. The van der Waals surface area contributed by atoms with Crippen molar-refractivity contribution in [3.8, 4) is 0 Å². The van der Waals surface area contributed by atoms with E-state index in [-0.39, 0.29) is 6.04 Å². The lowest BCUT2D eigenvalue weighted by molar-refractivity contribution is -0.133. The monoisotopic (exact) mass is 330 g/mol. The molecule has 24 heavy (non-hydrogen) atoms. The van der Waals surface area contributed by atoms with Crippen molar-refractivity contribution in [2.75, 3.05) is 6.54 Å². The van der Waals surface area contributed by atoms with Gasteiger partial charge in [-0.3, -0.25) is 4.79 Å². The molecule has 0 radical (unpaired) electrons. The number of rotatable bonds is 3. The van der Waals surface area contributed by atoms with Crippen LogP contribution < -0.4 is 0 Å². The Balaban J connectivity index is 1.48. The van der Waals surface area contributed by atoms with E-state index in [1.807, 2.05) is 0 Å². The number of carbonyl (C=O) groups excluding carboxylic acids is 1. The highest BCUT2D eigenvalue weighted by atomic mass is 16.2. The fraction of sp³-hybridized carbons (Fsp3) is 0.842. The summed E-state index contributed by atoms with van der Waals surface area (Å²) in [6, 6.07) is 0.167. The number of nitrogens with zero attached hydrogens (tertiary/aromatic N) is 4. The maximum Gasteiger partial charge on any atom is 0.223 e. The van der Waals surface area contributed by atoms with Crippen molar-refractivity contribution in [1.29, 1.82) is 0 Å². The summed E-state index contributed by atoms with van der Waals surface area (Å²) in [6.45, 7) is 1.93. The first-order valence-corrected chi connectivity index (χ1v) is 10.0. The second kappa shape index (κ2) is 7.24. The number of likely N-dealkylation sites (tertiary alicyclic amines) is 1. The lowest BCUT2D eigenvalue weighted by atomic mass is 9.86. The molecule has 1 amide bonds. The van der Waals surface area contributed by atoms with Gasteiger partial charge >= 0.3 is 0 Å². The Morgan fingerprint density at radius 2 is 1.75 bits per heavy atom. The van der Waals surface area contributed by atoms with Gasteiger partial charge in [0.25, 0.3) is 0 Å². The predicted molar refractivity (Wildman–Crippen MR) is 92.5 cm³/mol. The molecule has 0 aromatic carbocycles. The molecule has 1 saturated carbocycles. The van der Waals surface area contributed by atoms with Crippen LogP contribution in [-0.4, -0.2) is 32.1 Å². The van der Waals surface area contributed by atoms with E-state index >= 15 is 0 Å². The lowest BCUT2D eigenvalue weighted by Gasteiger charge is -2.28. The molecule has 0 spiro atoms. The Labute approximate surface area is 144 Å². The number of aryl methyl sites for hydroxylation is 1. The molecule has 1 unspecified atom stereocenters. The minimum atomic E-state index is 0.167. The number of amides is 1. The van der Waals surface area contributed by atoms with Crippen molar-refractivity contribution in [1.82, 2.24) is 19.7 Å². The summed E-state index contributed by atoms with van der Waals surface area (Å²) in [4.78, 5) is 15.0. The number of hydrogen-bond acceptors (Lipinski definition) is 3. The SMILES string of the molecule is O=C(CC1CCCCC1)N1CCCC1c1nnc2n1CCCCC2. The average Bonchev–Trinajstić information content (AvgIpc) is 3.17. The van der Waals surface area contributed by atoms with E-state index in [2.05, 4.69) is 19.7 Å². The molecule has 1 saturated heterocycles. The van der Waals surface area contributed by atoms with Crippen LogP contribution in [0.4, 0.5) is 0 Å². The fourth-order valence-electron chi connectivity index (χ4n) is 4.84. The first kappa shape index (κ1) is 16.1. The first-order chi connectivity index (χ1) is 11.8. The van der Waals surface area contributed by atoms with Crippen LogP contribution in [0.3, 0.4) is 0 Å². The minimum Gasteiger partial charge on any atom is -0.332 e. The quantitative estimate of drug-likeness (QED) is 0.850. The van der Waals surface area contributed by atoms with Crippen molar-refractivity contribution in [3.05, 3.63) is 11.6 Å². The molecular formula is C19H30N4O. The molecule has 0 N–H and O–H groups in total. The molecule has 1 aromatic rings. The second-order valence-electron chi connectivity index (χ2n) is 7.89. The average molecular weight is 330 g/mol. The normalized spacial score (nSPS) is 25.5. The van der Waals surface area contributed by atoms with Gasteiger partial charge in [-0.1, -0.05) is 25.7 Å². The maximum atomic E-state index is 12.9. The van der Waals surface area contributed by atoms with E-state index in [0.717, 1.165) is 50.4 Å². The Bertz CT molecular complexity index is 576. The van der Waals surface area contributed by atoms with Gasteiger partial charge in [-0.2, -0.15) is 0 Å². The molecule has 5 heteroatoms. The number of carbonyl (C=O) groups is 1. The number of hydrogen-bond donors (Lipinski definition) is 0. The van der Waals surface area contributed by atoms with Crippen LogP contribution in [0.5, 0.6) is 0 Å². The van der Waals surface area contributed by atoms with Gasteiger partial charge in [0.1, 0.15) is 5.82 Å². The highest BCUT2D eigenvalue weighted by Gasteiger charge is 2.35. The van der Waals surface area contributed by atoms with Crippen LogP contribution in [0.1, 0.15) is 88.3 Å². The van der Waals surface area contributed by atoms with E-state index in [1.54, 1.807) is 0 Å². The molecule has 4 rings (SSSR count). The number of aromatic nitrogens is 3. The van der Waals surface area contributed by atoms with Gasteiger partial charge in [0.05, 0.1) is 6.04 Å². The highest BCUT2D eigenvalue weighted by Crippen LogP contribution is 2.34. The lowest BCUT2D eigenvalue weighted by Crippen LogP contribution is -2.33. The minimum absolute atomic E-state index is 0.167. The Morgan fingerprint density at radius 3 is 2.62 bits per heavy atom. The smallest absolute Gasteiger partial charge is 0.223 e. The molecule has 3 aliphatic rings. The van der Waals surface area contributed by atoms with Crippen molar-refractivity contribution >= 4 is 5.91 Å². The summed E-state index contributed by atoms with van der Waals surface area (Å²) in [6.07, 6.45) is 14.1. The van der Waals surface area contributed by atoms with E-state index in [9.17, 15) is 4.79 Å². The maximum absolute atomic E-state index is 12.9. The predicted octanol–water partition coefficient (Wildman–Crippen LogP) is 3.64. The van der Waals surface area contributed by atoms with Crippen LogP contribution in [0.2, 0.25) is 0 Å². The van der Waals surface area contributed by atoms with Gasteiger partial charge in [-0.25, -0.2) is 0 Å². The third kappa shape index (κ3) is 3.22. The van der Waals surface area contributed by atoms with Gasteiger partial charge in [0, 0.05) is 25.9 Å². The van der Waals surface area contributed by atoms with E-state index < -0.39 is 0 Å².